The highest BCUT2D eigenvalue weighted by atomic mass is 14.3. The van der Waals surface area contributed by atoms with Crippen molar-refractivity contribution in [1.29, 1.82) is 0 Å². The van der Waals surface area contributed by atoms with Crippen molar-refractivity contribution in [3.63, 3.8) is 0 Å². The van der Waals surface area contributed by atoms with Crippen molar-refractivity contribution in [1.82, 2.24) is 0 Å². The van der Waals surface area contributed by atoms with Crippen LogP contribution in [0.1, 0.15) is 27.8 Å². The van der Waals surface area contributed by atoms with Crippen LogP contribution in [-0.4, -0.2) is 0 Å². The quantitative estimate of drug-likeness (QED) is 0.209. The zero-order valence-electron chi connectivity index (χ0n) is 24.6. The molecule has 0 unspecified atom stereocenters. The van der Waals surface area contributed by atoms with E-state index in [2.05, 4.69) is 162 Å². The van der Waals surface area contributed by atoms with Gasteiger partial charge in [0.2, 0.25) is 0 Å². The molecule has 41 heavy (non-hydrogen) atoms. The molecular formula is C41H36. The summed E-state index contributed by atoms with van der Waals surface area (Å²) in [5.74, 6) is 0. The summed E-state index contributed by atoms with van der Waals surface area (Å²) in [6.07, 6.45) is 0. The van der Waals surface area contributed by atoms with E-state index in [1.807, 2.05) is 0 Å². The maximum absolute atomic E-state index is 2.43. The van der Waals surface area contributed by atoms with Gasteiger partial charge < -0.3 is 0 Å². The van der Waals surface area contributed by atoms with Crippen molar-refractivity contribution in [2.75, 3.05) is 0 Å². The van der Waals surface area contributed by atoms with Gasteiger partial charge in [-0.1, -0.05) is 149 Å². The summed E-state index contributed by atoms with van der Waals surface area (Å²) in [5.41, 5.74) is 18.7. The molecule has 0 atom stereocenters. The number of benzene rings is 6. The summed E-state index contributed by atoms with van der Waals surface area (Å²) in [7, 11) is 0. The maximum atomic E-state index is 2.43. The van der Waals surface area contributed by atoms with Gasteiger partial charge in [0.25, 0.3) is 0 Å². The minimum absolute atomic E-state index is 1.23. The molecule has 0 aromatic heterocycles. The summed E-state index contributed by atoms with van der Waals surface area (Å²) in [6.45, 7) is 10.8. The number of aryl methyl sites for hydroxylation is 5. The Morgan fingerprint density at radius 1 is 0.244 bits per heavy atom. The average Bonchev–Trinajstić information content (AvgIpc) is 2.98. The minimum atomic E-state index is 1.23. The minimum Gasteiger partial charge on any atom is -0.0587 e. The van der Waals surface area contributed by atoms with E-state index < -0.39 is 0 Å². The molecule has 0 aliphatic heterocycles. The molecule has 6 rings (SSSR count). The van der Waals surface area contributed by atoms with E-state index >= 15 is 0 Å². The van der Waals surface area contributed by atoms with Crippen LogP contribution >= 0.6 is 0 Å². The Kier molecular flexibility index (Phi) is 7.16. The molecule has 0 heterocycles. The normalized spacial score (nSPS) is 11.0. The lowest BCUT2D eigenvalue weighted by Crippen LogP contribution is -1.98. The first-order chi connectivity index (χ1) is 19.9. The van der Waals surface area contributed by atoms with Gasteiger partial charge >= 0.3 is 0 Å². The van der Waals surface area contributed by atoms with E-state index in [-0.39, 0.29) is 0 Å². The molecular weight excluding hydrogens is 492 g/mol. The Labute approximate surface area is 245 Å². The van der Waals surface area contributed by atoms with Crippen molar-refractivity contribution in [3.05, 3.63) is 155 Å². The third-order valence-electron chi connectivity index (χ3n) is 8.07. The molecule has 0 aliphatic rings. The molecule has 0 spiro atoms. The lowest BCUT2D eigenvalue weighted by molar-refractivity contribution is 1.43. The summed E-state index contributed by atoms with van der Waals surface area (Å²) in [5, 5.41) is 0. The Morgan fingerprint density at radius 2 is 0.463 bits per heavy atom. The summed E-state index contributed by atoms with van der Waals surface area (Å²) >= 11 is 0. The van der Waals surface area contributed by atoms with Gasteiger partial charge in [-0.2, -0.15) is 0 Å². The van der Waals surface area contributed by atoms with E-state index in [4.69, 9.17) is 0 Å². The van der Waals surface area contributed by atoms with Crippen LogP contribution in [0, 0.1) is 34.6 Å². The van der Waals surface area contributed by atoms with Gasteiger partial charge in [0.15, 0.2) is 0 Å². The molecule has 0 aliphatic carbocycles. The van der Waals surface area contributed by atoms with Crippen LogP contribution in [0.5, 0.6) is 0 Å². The van der Waals surface area contributed by atoms with Gasteiger partial charge in [-0.15, -0.1) is 0 Å². The van der Waals surface area contributed by atoms with Gasteiger partial charge in [0.1, 0.15) is 0 Å². The SMILES string of the molecule is Cc1ccc(-c2cc(-c3ccc(C)cc3)c(-c3ccc(C)cc3)c(-c3ccc(C)cc3)c2-c2ccc(C)cc2)cc1. The van der Waals surface area contributed by atoms with E-state index in [9.17, 15) is 0 Å². The molecule has 0 saturated carbocycles. The molecule has 6 aromatic rings. The van der Waals surface area contributed by atoms with Crippen LogP contribution in [0.4, 0.5) is 0 Å². The molecule has 0 bridgehead atoms. The van der Waals surface area contributed by atoms with Gasteiger partial charge in [-0.3, -0.25) is 0 Å². The van der Waals surface area contributed by atoms with Gasteiger partial charge in [-0.05, 0) is 96.3 Å². The molecule has 0 amide bonds. The van der Waals surface area contributed by atoms with Crippen LogP contribution < -0.4 is 0 Å². The molecule has 0 nitrogen and oxygen atoms in total. The molecule has 0 fully saturated rings. The maximum Gasteiger partial charge on any atom is -0.00143 e. The zero-order valence-corrected chi connectivity index (χ0v) is 24.6. The predicted octanol–water partition coefficient (Wildman–Crippen LogP) is 11.6. The number of hydrogen-bond acceptors (Lipinski definition) is 0. The average molecular weight is 529 g/mol. The van der Waals surface area contributed by atoms with Crippen molar-refractivity contribution in [2.45, 2.75) is 34.6 Å². The third kappa shape index (κ3) is 5.39. The first-order valence-corrected chi connectivity index (χ1v) is 14.4. The van der Waals surface area contributed by atoms with Gasteiger partial charge in [0.05, 0.1) is 0 Å². The zero-order chi connectivity index (χ0) is 28.5. The van der Waals surface area contributed by atoms with E-state index in [1.54, 1.807) is 0 Å². The Bertz CT molecular complexity index is 1690. The highest BCUT2D eigenvalue weighted by Gasteiger charge is 2.23. The van der Waals surface area contributed by atoms with Crippen molar-refractivity contribution in [2.24, 2.45) is 0 Å². The smallest absolute Gasteiger partial charge is 0.00143 e. The fourth-order valence-corrected chi connectivity index (χ4v) is 5.65. The molecule has 200 valence electrons. The highest BCUT2D eigenvalue weighted by molar-refractivity contribution is 6.07. The summed E-state index contributed by atoms with van der Waals surface area (Å²) in [6, 6.07) is 47.5. The highest BCUT2D eigenvalue weighted by Crippen LogP contribution is 2.50. The van der Waals surface area contributed by atoms with Crippen LogP contribution in [-0.2, 0) is 0 Å². The molecule has 0 radical (unpaired) electrons. The molecule has 6 aromatic carbocycles. The van der Waals surface area contributed by atoms with E-state index in [1.165, 1.54) is 83.5 Å². The van der Waals surface area contributed by atoms with Crippen LogP contribution in [0.2, 0.25) is 0 Å². The van der Waals surface area contributed by atoms with Crippen LogP contribution in [0.3, 0.4) is 0 Å². The van der Waals surface area contributed by atoms with Crippen molar-refractivity contribution < 1.29 is 0 Å². The van der Waals surface area contributed by atoms with Gasteiger partial charge in [-0.25, -0.2) is 0 Å². The summed E-state index contributed by atoms with van der Waals surface area (Å²) in [4.78, 5) is 0. The lowest BCUT2D eigenvalue weighted by atomic mass is 9.78. The van der Waals surface area contributed by atoms with Crippen molar-refractivity contribution in [3.8, 4) is 55.6 Å². The van der Waals surface area contributed by atoms with E-state index in [0.717, 1.165) is 0 Å². The first kappa shape index (κ1) is 26.5. The molecule has 0 saturated heterocycles. The van der Waals surface area contributed by atoms with Crippen LogP contribution in [0.25, 0.3) is 55.6 Å². The van der Waals surface area contributed by atoms with Crippen LogP contribution in [0.15, 0.2) is 127 Å². The second-order valence-corrected chi connectivity index (χ2v) is 11.4. The third-order valence-corrected chi connectivity index (χ3v) is 8.07. The Hall–Kier alpha value is -4.68. The largest absolute Gasteiger partial charge is 0.0587 e. The fraction of sp³-hybridized carbons (Fsp3) is 0.122. The second kappa shape index (κ2) is 11.1. The molecule has 0 N–H and O–H groups in total. The predicted molar refractivity (Wildman–Crippen MR) is 177 cm³/mol. The second-order valence-electron chi connectivity index (χ2n) is 11.4. The van der Waals surface area contributed by atoms with E-state index in [0.29, 0.717) is 0 Å². The first-order valence-electron chi connectivity index (χ1n) is 14.4. The number of hydrogen-bond donors (Lipinski definition) is 0. The lowest BCUT2D eigenvalue weighted by Gasteiger charge is -2.25. The fourth-order valence-electron chi connectivity index (χ4n) is 5.65. The number of rotatable bonds is 5. The summed E-state index contributed by atoms with van der Waals surface area (Å²) < 4.78 is 0. The monoisotopic (exact) mass is 528 g/mol. The standard InChI is InChI=1S/C41H36/c1-27-6-16-32(17-7-27)37-26-38(33-18-8-28(2)9-19-33)40(35-22-12-30(4)13-23-35)41(36-24-14-31(5)15-25-36)39(37)34-20-10-29(3)11-21-34/h6-26H,1-5H3. The van der Waals surface area contributed by atoms with Gasteiger partial charge in [0, 0.05) is 0 Å². The molecule has 0 heteroatoms. The Balaban J connectivity index is 1.83. The van der Waals surface area contributed by atoms with Crippen molar-refractivity contribution >= 4 is 0 Å². The topological polar surface area (TPSA) is 0 Å². The Morgan fingerprint density at radius 3 is 0.732 bits per heavy atom.